The Morgan fingerprint density at radius 3 is 2.00 bits per heavy atom. The number of hydrogen-bond donors (Lipinski definition) is 2. The van der Waals surface area contributed by atoms with Crippen molar-refractivity contribution in [3.63, 3.8) is 0 Å². The van der Waals surface area contributed by atoms with Gasteiger partial charge in [-0.15, -0.1) is 0 Å². The Bertz CT molecular complexity index is 79.8. The van der Waals surface area contributed by atoms with Crippen LogP contribution in [-0.2, 0) is 4.89 Å². The van der Waals surface area contributed by atoms with Gasteiger partial charge in [-0.2, -0.15) is 0 Å². The Kier molecular flexibility index (Phi) is 5.78. The van der Waals surface area contributed by atoms with Crippen molar-refractivity contribution in [3.05, 3.63) is 0 Å². The fourth-order valence-corrected chi connectivity index (χ4v) is 0.749. The smallest absolute Gasteiger partial charge is 0.100 e. The Labute approximate surface area is 60.7 Å². The fraction of sp³-hybridized carbons (Fsp3) is 1.00. The molecule has 0 aliphatic heterocycles. The maximum atomic E-state index is 8.83. The van der Waals surface area contributed by atoms with Crippen LogP contribution in [-0.4, -0.2) is 27.5 Å². The first kappa shape index (κ1) is 12.5. The van der Waals surface area contributed by atoms with Crippen LogP contribution >= 0.6 is 0 Å². The van der Waals surface area contributed by atoms with Crippen LogP contribution in [0.3, 0.4) is 0 Å². The first-order valence-electron chi connectivity index (χ1n) is 2.98. The minimum Gasteiger partial charge on any atom is -0.412 e. The molecule has 0 saturated carbocycles. The van der Waals surface area contributed by atoms with Crippen molar-refractivity contribution >= 4 is 0 Å². The van der Waals surface area contributed by atoms with Gasteiger partial charge in [0, 0.05) is 6.42 Å². The lowest BCUT2D eigenvalue weighted by Gasteiger charge is -2.21. The summed E-state index contributed by atoms with van der Waals surface area (Å²) >= 11 is 0. The summed E-state index contributed by atoms with van der Waals surface area (Å²) < 4.78 is 0. The van der Waals surface area contributed by atoms with Gasteiger partial charge in [-0.05, 0) is 20.8 Å². The highest BCUT2D eigenvalue weighted by atomic mass is 17.1. The minimum atomic E-state index is -0.631. The summed E-state index contributed by atoms with van der Waals surface area (Å²) in [5, 5.41) is 17.1. The predicted molar refractivity (Wildman–Crippen MR) is 37.7 cm³/mol. The van der Waals surface area contributed by atoms with E-state index in [1.165, 1.54) is 0 Å². The van der Waals surface area contributed by atoms with Crippen molar-refractivity contribution in [1.82, 2.24) is 0 Å². The van der Waals surface area contributed by atoms with Gasteiger partial charge >= 0.3 is 0 Å². The molecule has 0 aliphatic carbocycles. The van der Waals surface area contributed by atoms with Gasteiger partial charge in [0.05, 0.1) is 6.10 Å². The molecular weight excluding hydrogens is 136 g/mol. The Morgan fingerprint density at radius 1 is 1.50 bits per heavy atom. The molecule has 4 heteroatoms. The summed E-state index contributed by atoms with van der Waals surface area (Å²) in [6.07, 6.45) is -0.00380. The highest BCUT2D eigenvalue weighted by Gasteiger charge is 2.20. The maximum Gasteiger partial charge on any atom is 0.100 e. The van der Waals surface area contributed by atoms with Crippen LogP contribution in [0.2, 0.25) is 0 Å². The van der Waals surface area contributed by atoms with Crippen molar-refractivity contribution in [2.75, 3.05) is 0 Å². The van der Waals surface area contributed by atoms with Gasteiger partial charge in [-0.3, -0.25) is 5.26 Å². The highest BCUT2D eigenvalue weighted by molar-refractivity contribution is 4.68. The molecule has 0 aromatic heterocycles. The summed E-state index contributed by atoms with van der Waals surface area (Å²) in [5.74, 6) is 0. The molecule has 0 fully saturated rings. The van der Waals surface area contributed by atoms with E-state index in [1.54, 1.807) is 20.8 Å². The van der Waals surface area contributed by atoms with Crippen LogP contribution in [0.1, 0.15) is 27.2 Å². The lowest BCUT2D eigenvalue weighted by Crippen LogP contribution is -2.27. The van der Waals surface area contributed by atoms with Crippen LogP contribution < -0.4 is 0 Å². The molecule has 0 saturated heterocycles. The molecule has 1 unspecified atom stereocenters. The maximum absolute atomic E-state index is 8.83. The van der Waals surface area contributed by atoms with Crippen molar-refractivity contribution in [1.29, 1.82) is 0 Å². The van der Waals surface area contributed by atoms with E-state index in [4.69, 9.17) is 10.4 Å². The number of rotatable bonds is 3. The minimum absolute atomic E-state index is 0. The Hall–Kier alpha value is -0.160. The zero-order valence-electron chi connectivity index (χ0n) is 6.59. The van der Waals surface area contributed by atoms with E-state index in [0.29, 0.717) is 6.42 Å². The normalized spacial score (nSPS) is 14.1. The Balaban J connectivity index is 0. The second-order valence-electron chi connectivity index (χ2n) is 2.90. The molecule has 64 valence electrons. The van der Waals surface area contributed by atoms with Crippen molar-refractivity contribution in [3.8, 4) is 0 Å². The molecule has 0 aromatic carbocycles. The van der Waals surface area contributed by atoms with E-state index in [9.17, 15) is 0 Å². The van der Waals surface area contributed by atoms with Gasteiger partial charge in [-0.1, -0.05) is 0 Å². The number of aliphatic hydroxyl groups is 1. The van der Waals surface area contributed by atoms with Crippen molar-refractivity contribution < 1.29 is 20.7 Å². The van der Waals surface area contributed by atoms with Crippen LogP contribution in [0.4, 0.5) is 0 Å². The fourth-order valence-electron chi connectivity index (χ4n) is 0.749. The number of aliphatic hydroxyl groups excluding tert-OH is 1. The van der Waals surface area contributed by atoms with Crippen LogP contribution in [0.15, 0.2) is 0 Å². The van der Waals surface area contributed by atoms with Gasteiger partial charge in [0.25, 0.3) is 0 Å². The largest absolute Gasteiger partial charge is 0.412 e. The third-order valence-electron chi connectivity index (χ3n) is 1.03. The third-order valence-corrected chi connectivity index (χ3v) is 1.03. The van der Waals surface area contributed by atoms with Crippen LogP contribution in [0.5, 0.6) is 0 Å². The summed E-state index contributed by atoms with van der Waals surface area (Å²) in [5.41, 5.74) is -0.631. The van der Waals surface area contributed by atoms with Gasteiger partial charge in [-0.25, -0.2) is 4.89 Å². The van der Waals surface area contributed by atoms with E-state index in [2.05, 4.69) is 4.89 Å². The average molecular weight is 152 g/mol. The Morgan fingerprint density at radius 2 is 1.90 bits per heavy atom. The van der Waals surface area contributed by atoms with E-state index < -0.39 is 11.7 Å². The topological polar surface area (TPSA) is 81.2 Å². The quantitative estimate of drug-likeness (QED) is 0.447. The average Bonchev–Trinajstić information content (AvgIpc) is 1.63. The number of hydrogen-bond acceptors (Lipinski definition) is 3. The molecule has 0 heterocycles. The van der Waals surface area contributed by atoms with E-state index in [-0.39, 0.29) is 5.48 Å². The highest BCUT2D eigenvalue weighted by Crippen LogP contribution is 2.14. The molecule has 0 spiro atoms. The third kappa shape index (κ3) is 5.97. The molecule has 10 heavy (non-hydrogen) atoms. The molecule has 0 aliphatic rings. The first-order chi connectivity index (χ1) is 3.98. The van der Waals surface area contributed by atoms with Crippen LogP contribution in [0, 0.1) is 0 Å². The summed E-state index contributed by atoms with van der Waals surface area (Å²) in [6, 6.07) is 0. The second kappa shape index (κ2) is 4.62. The predicted octanol–water partition coefficient (Wildman–Crippen LogP) is 0.201. The van der Waals surface area contributed by atoms with E-state index in [0.717, 1.165) is 0 Å². The molecule has 0 aromatic rings. The molecule has 0 bridgehead atoms. The monoisotopic (exact) mass is 152 g/mol. The zero-order valence-corrected chi connectivity index (χ0v) is 6.59. The lowest BCUT2D eigenvalue weighted by molar-refractivity contribution is -0.317. The molecule has 1 atom stereocenters. The van der Waals surface area contributed by atoms with Gasteiger partial charge in [0.1, 0.15) is 5.60 Å². The molecule has 0 amide bonds. The van der Waals surface area contributed by atoms with Crippen molar-refractivity contribution in [2.24, 2.45) is 0 Å². The summed E-state index contributed by atoms with van der Waals surface area (Å²) in [6.45, 7) is 5.07. The molecule has 4 N–H and O–H groups in total. The molecule has 0 rings (SSSR count). The molecule has 4 nitrogen and oxygen atoms in total. The van der Waals surface area contributed by atoms with Crippen molar-refractivity contribution in [2.45, 2.75) is 38.9 Å². The van der Waals surface area contributed by atoms with Crippen LogP contribution in [0.25, 0.3) is 0 Å². The zero-order chi connectivity index (χ0) is 7.49. The summed E-state index contributed by atoms with van der Waals surface area (Å²) in [7, 11) is 0. The van der Waals surface area contributed by atoms with Gasteiger partial charge in [0.2, 0.25) is 0 Å². The standard InChI is InChI=1S/C6H14O3.H2O/c1-5(7)4-6(2,3)9-8;/h5,7-8H,4H2,1-3H3;1H2. The van der Waals surface area contributed by atoms with E-state index in [1.807, 2.05) is 0 Å². The SMILES string of the molecule is CC(O)CC(C)(C)OO.O. The van der Waals surface area contributed by atoms with Gasteiger partial charge in [0.15, 0.2) is 0 Å². The molecular formula is C6H16O4. The second-order valence-corrected chi connectivity index (χ2v) is 2.90. The van der Waals surface area contributed by atoms with Gasteiger partial charge < -0.3 is 10.6 Å². The first-order valence-corrected chi connectivity index (χ1v) is 2.98. The molecule has 0 radical (unpaired) electrons. The summed E-state index contributed by atoms with van der Waals surface area (Å²) in [4.78, 5) is 4.09. The lowest BCUT2D eigenvalue weighted by atomic mass is 10.0. The van der Waals surface area contributed by atoms with E-state index >= 15 is 0 Å².